The van der Waals surface area contributed by atoms with Crippen molar-refractivity contribution in [2.24, 2.45) is 0 Å². The minimum absolute atomic E-state index is 0.0791. The van der Waals surface area contributed by atoms with E-state index in [1.807, 2.05) is 26.0 Å². The van der Waals surface area contributed by atoms with Crippen LogP contribution >= 0.6 is 27.5 Å². The Labute approximate surface area is 187 Å². The van der Waals surface area contributed by atoms with Crippen LogP contribution in [-0.2, 0) is 19.4 Å². The number of aryl methyl sites for hydroxylation is 1. The van der Waals surface area contributed by atoms with Crippen molar-refractivity contribution in [3.8, 4) is 11.6 Å². The summed E-state index contributed by atoms with van der Waals surface area (Å²) in [6.45, 7) is 4.00. The normalized spacial score (nSPS) is 10.7. The maximum absolute atomic E-state index is 12.7. The van der Waals surface area contributed by atoms with Gasteiger partial charge < -0.3 is 10.1 Å². The Kier molecular flexibility index (Phi) is 7.23. The Morgan fingerprint density at radius 3 is 2.57 bits per heavy atom. The molecule has 0 aliphatic rings. The molecule has 0 fully saturated rings. The molecule has 0 unspecified atom stereocenters. The summed E-state index contributed by atoms with van der Waals surface area (Å²) in [7, 11) is 0. The first-order chi connectivity index (χ1) is 14.4. The number of aromatic nitrogens is 3. The third kappa shape index (κ3) is 5.25. The van der Waals surface area contributed by atoms with E-state index >= 15 is 0 Å². The fourth-order valence-corrected chi connectivity index (χ4v) is 3.48. The van der Waals surface area contributed by atoms with Crippen molar-refractivity contribution in [2.45, 2.75) is 33.2 Å². The molecule has 0 radical (unpaired) electrons. The molecule has 30 heavy (non-hydrogen) atoms. The second-order valence-electron chi connectivity index (χ2n) is 6.42. The molecule has 0 atom stereocenters. The molecule has 2 N–H and O–H groups in total. The van der Waals surface area contributed by atoms with E-state index in [4.69, 9.17) is 16.3 Å². The number of benzene rings is 1. The quantitative estimate of drug-likeness (QED) is 0.477. The number of halogens is 2. The molecule has 3 aromatic rings. The number of carbonyl (C=O) groups excluding carboxylic acids is 1. The van der Waals surface area contributed by atoms with Gasteiger partial charge in [-0.3, -0.25) is 9.59 Å². The summed E-state index contributed by atoms with van der Waals surface area (Å²) < 4.78 is 6.61. The van der Waals surface area contributed by atoms with E-state index in [0.29, 0.717) is 24.2 Å². The Morgan fingerprint density at radius 1 is 1.17 bits per heavy atom. The van der Waals surface area contributed by atoms with Crippen molar-refractivity contribution in [3.05, 3.63) is 78.8 Å². The molecule has 3 rings (SSSR count). The molecule has 156 valence electrons. The number of hydrogen-bond donors (Lipinski definition) is 2. The molecule has 0 saturated carbocycles. The molecule has 2 heterocycles. The van der Waals surface area contributed by atoms with Gasteiger partial charge in [-0.15, -0.1) is 0 Å². The summed E-state index contributed by atoms with van der Waals surface area (Å²) in [5, 5.41) is 9.48. The molecule has 9 heteroatoms. The molecular formula is C21H20BrClN4O3. The molecule has 1 amide bonds. The van der Waals surface area contributed by atoms with Gasteiger partial charge in [-0.2, -0.15) is 5.10 Å². The molecule has 0 aliphatic carbocycles. The highest BCUT2D eigenvalue weighted by Crippen LogP contribution is 2.24. The molecular weight excluding hydrogens is 472 g/mol. The molecule has 7 nitrogen and oxygen atoms in total. The first kappa shape index (κ1) is 22.0. The number of nitrogens with zero attached hydrogens (tertiary/aromatic N) is 2. The highest BCUT2D eigenvalue weighted by atomic mass is 79.9. The minimum atomic E-state index is -0.392. The Balaban J connectivity index is 1.79. The summed E-state index contributed by atoms with van der Waals surface area (Å²) in [6.07, 6.45) is 1.34. The van der Waals surface area contributed by atoms with Gasteiger partial charge in [0.2, 0.25) is 5.88 Å². The van der Waals surface area contributed by atoms with Crippen LogP contribution in [0.15, 0.2) is 45.7 Å². The van der Waals surface area contributed by atoms with Crippen LogP contribution in [0, 0.1) is 0 Å². The number of pyridine rings is 1. The van der Waals surface area contributed by atoms with Crippen molar-refractivity contribution in [3.63, 3.8) is 0 Å². The average molecular weight is 492 g/mol. The number of ether oxygens (including phenoxy) is 1. The van der Waals surface area contributed by atoms with E-state index in [2.05, 4.69) is 36.4 Å². The van der Waals surface area contributed by atoms with Crippen molar-refractivity contribution < 1.29 is 9.53 Å². The monoisotopic (exact) mass is 490 g/mol. The molecule has 0 spiro atoms. The van der Waals surface area contributed by atoms with Crippen molar-refractivity contribution in [1.82, 2.24) is 20.5 Å². The summed E-state index contributed by atoms with van der Waals surface area (Å²) >= 11 is 9.43. The van der Waals surface area contributed by atoms with Crippen LogP contribution in [0.3, 0.4) is 0 Å². The first-order valence-corrected chi connectivity index (χ1v) is 10.6. The van der Waals surface area contributed by atoms with Gasteiger partial charge >= 0.3 is 0 Å². The number of rotatable bonds is 7. The van der Waals surface area contributed by atoms with Crippen molar-refractivity contribution in [2.75, 3.05) is 0 Å². The maximum atomic E-state index is 12.7. The van der Waals surface area contributed by atoms with Gasteiger partial charge in [-0.1, -0.05) is 41.4 Å². The predicted octanol–water partition coefficient (Wildman–Crippen LogP) is 4.43. The molecule has 2 aromatic heterocycles. The zero-order valence-corrected chi connectivity index (χ0v) is 18.8. The lowest BCUT2D eigenvalue weighted by Crippen LogP contribution is -2.29. The van der Waals surface area contributed by atoms with Crippen molar-refractivity contribution in [1.29, 1.82) is 0 Å². The lowest BCUT2D eigenvalue weighted by molar-refractivity contribution is 0.0950. The van der Waals surface area contributed by atoms with Crippen LogP contribution in [0.25, 0.3) is 0 Å². The molecule has 0 bridgehead atoms. The van der Waals surface area contributed by atoms with Gasteiger partial charge in [0.25, 0.3) is 11.5 Å². The number of nitrogens with one attached hydrogen (secondary N) is 2. The maximum Gasteiger partial charge on any atom is 0.269 e. The van der Waals surface area contributed by atoms with Crippen LogP contribution in [0.2, 0.25) is 5.15 Å². The van der Waals surface area contributed by atoms with Crippen LogP contribution < -0.4 is 15.6 Å². The van der Waals surface area contributed by atoms with E-state index in [1.165, 1.54) is 12.1 Å². The summed E-state index contributed by atoms with van der Waals surface area (Å²) in [4.78, 5) is 29.0. The number of carbonyl (C=O) groups is 1. The molecule has 0 saturated heterocycles. The number of amides is 1. The Bertz CT molecular complexity index is 1120. The van der Waals surface area contributed by atoms with Gasteiger partial charge in [-0.05, 0) is 48.7 Å². The predicted molar refractivity (Wildman–Crippen MR) is 118 cm³/mol. The zero-order valence-electron chi connectivity index (χ0n) is 16.5. The lowest BCUT2D eigenvalue weighted by Gasteiger charge is -2.12. The summed E-state index contributed by atoms with van der Waals surface area (Å²) in [6, 6.07) is 10.1. The minimum Gasteiger partial charge on any atom is -0.439 e. The fraction of sp³-hybridized carbons (Fsp3) is 0.238. The second kappa shape index (κ2) is 9.86. The van der Waals surface area contributed by atoms with Gasteiger partial charge in [0.15, 0.2) is 0 Å². The van der Waals surface area contributed by atoms with Gasteiger partial charge in [-0.25, -0.2) is 10.1 Å². The number of aromatic amines is 1. The van der Waals surface area contributed by atoms with E-state index < -0.39 is 5.91 Å². The summed E-state index contributed by atoms with van der Waals surface area (Å²) in [5.41, 5.74) is 2.15. The number of hydrogen-bond acceptors (Lipinski definition) is 5. The van der Waals surface area contributed by atoms with Crippen LogP contribution in [0.1, 0.15) is 41.0 Å². The van der Waals surface area contributed by atoms with Crippen LogP contribution in [0.5, 0.6) is 11.6 Å². The third-order valence-corrected chi connectivity index (χ3v) is 5.18. The number of H-pyrrole nitrogens is 1. The van der Waals surface area contributed by atoms with E-state index in [9.17, 15) is 9.59 Å². The van der Waals surface area contributed by atoms with E-state index in [0.717, 1.165) is 15.7 Å². The fourth-order valence-electron chi connectivity index (χ4n) is 3.01. The third-order valence-electron chi connectivity index (χ3n) is 4.46. The van der Waals surface area contributed by atoms with E-state index in [1.54, 1.807) is 12.1 Å². The van der Waals surface area contributed by atoms with Crippen molar-refractivity contribution >= 4 is 33.4 Å². The SMILES string of the molecule is CCc1n[nH]c(=O)c(CNC(=O)c2cc(Cl)nc(Oc3ccc(Br)cc3)c2)c1CC. The smallest absolute Gasteiger partial charge is 0.269 e. The topological polar surface area (TPSA) is 97.0 Å². The second-order valence-corrected chi connectivity index (χ2v) is 7.72. The summed E-state index contributed by atoms with van der Waals surface area (Å²) in [5.74, 6) is 0.359. The van der Waals surface area contributed by atoms with E-state index in [-0.39, 0.29) is 28.7 Å². The Morgan fingerprint density at radius 2 is 1.90 bits per heavy atom. The van der Waals surface area contributed by atoms with Gasteiger partial charge in [0.1, 0.15) is 10.9 Å². The van der Waals surface area contributed by atoms with Crippen LogP contribution in [-0.4, -0.2) is 21.1 Å². The zero-order chi connectivity index (χ0) is 21.7. The van der Waals surface area contributed by atoms with Gasteiger partial charge in [0, 0.05) is 28.2 Å². The molecule has 0 aliphatic heterocycles. The highest BCUT2D eigenvalue weighted by molar-refractivity contribution is 9.10. The standard InChI is InChI=1S/C21H20BrClN4O3/c1-3-15-16(21(29)27-26-17(15)4-2)11-24-20(28)12-9-18(23)25-19(10-12)30-14-7-5-13(22)6-8-14/h5-10H,3-4,11H2,1-2H3,(H,24,28)(H,27,29). The Hall–Kier alpha value is -2.71. The first-order valence-electron chi connectivity index (χ1n) is 9.39. The highest BCUT2D eigenvalue weighted by Gasteiger charge is 2.15. The average Bonchev–Trinajstić information content (AvgIpc) is 2.73. The van der Waals surface area contributed by atoms with Gasteiger partial charge in [0.05, 0.1) is 5.69 Å². The lowest BCUT2D eigenvalue weighted by atomic mass is 10.0. The van der Waals surface area contributed by atoms with Crippen LogP contribution in [0.4, 0.5) is 0 Å². The molecule has 1 aromatic carbocycles. The largest absolute Gasteiger partial charge is 0.439 e.